The molecule has 2 nitrogen and oxygen atoms in total. The van der Waals surface area contributed by atoms with Gasteiger partial charge in [-0.25, -0.2) is 4.39 Å². The van der Waals surface area contributed by atoms with Crippen LogP contribution < -0.4 is 5.73 Å². The summed E-state index contributed by atoms with van der Waals surface area (Å²) in [6, 6.07) is 3.55. The van der Waals surface area contributed by atoms with Gasteiger partial charge in [0.25, 0.3) is 0 Å². The highest BCUT2D eigenvalue weighted by Crippen LogP contribution is 2.33. The fourth-order valence-electron chi connectivity index (χ4n) is 1.74. The second kappa shape index (κ2) is 5.49. The number of nitrogens with two attached hydrogens (primary N) is 1. The zero-order valence-corrected chi connectivity index (χ0v) is 11.5. The Balaban J connectivity index is 2.43. The third-order valence-corrected chi connectivity index (χ3v) is 3.17. The van der Waals surface area contributed by atoms with Crippen LogP contribution in [0.3, 0.4) is 0 Å². The number of alkyl halides is 3. The Bertz CT molecular complexity index is 628. The number of nitrogens with zero attached hydrogens (tertiary/aromatic N) is 1. The van der Waals surface area contributed by atoms with E-state index < -0.39 is 23.6 Å². The van der Waals surface area contributed by atoms with Gasteiger partial charge >= 0.3 is 6.18 Å². The van der Waals surface area contributed by atoms with E-state index in [1.165, 1.54) is 18.5 Å². The van der Waals surface area contributed by atoms with E-state index in [4.69, 9.17) is 5.73 Å². The number of aromatic nitrogens is 1. The van der Waals surface area contributed by atoms with Gasteiger partial charge in [0, 0.05) is 16.9 Å². The van der Waals surface area contributed by atoms with Crippen LogP contribution in [0.2, 0.25) is 0 Å². The monoisotopic (exact) mass is 348 g/mol. The highest BCUT2D eigenvalue weighted by molar-refractivity contribution is 9.10. The fourth-order valence-corrected chi connectivity index (χ4v) is 2.13. The third kappa shape index (κ3) is 3.16. The molecule has 1 aromatic carbocycles. The first kappa shape index (κ1) is 14.9. The van der Waals surface area contributed by atoms with Crippen LogP contribution in [0.4, 0.5) is 17.6 Å². The molecule has 0 spiro atoms. The summed E-state index contributed by atoms with van der Waals surface area (Å²) in [5.74, 6) is -1.32. The number of benzene rings is 1. The van der Waals surface area contributed by atoms with E-state index in [2.05, 4.69) is 20.9 Å². The minimum atomic E-state index is -4.75. The largest absolute Gasteiger partial charge is 0.419 e. The van der Waals surface area contributed by atoms with Crippen molar-refractivity contribution in [1.82, 2.24) is 4.98 Å². The van der Waals surface area contributed by atoms with Crippen molar-refractivity contribution in [2.45, 2.75) is 12.2 Å². The van der Waals surface area contributed by atoms with Crippen molar-refractivity contribution in [2.75, 3.05) is 0 Å². The molecule has 20 heavy (non-hydrogen) atoms. The molecule has 2 rings (SSSR count). The zero-order chi connectivity index (χ0) is 14.9. The number of rotatable bonds is 2. The molecule has 0 amide bonds. The van der Waals surface area contributed by atoms with Crippen molar-refractivity contribution in [1.29, 1.82) is 0 Å². The number of pyridine rings is 1. The van der Waals surface area contributed by atoms with Crippen molar-refractivity contribution < 1.29 is 17.6 Å². The van der Waals surface area contributed by atoms with Crippen LogP contribution in [0.15, 0.2) is 41.1 Å². The van der Waals surface area contributed by atoms with Gasteiger partial charge in [-0.15, -0.1) is 0 Å². The molecule has 1 aromatic heterocycles. The van der Waals surface area contributed by atoms with E-state index in [1.54, 1.807) is 6.07 Å². The molecule has 0 aliphatic rings. The highest BCUT2D eigenvalue weighted by atomic mass is 79.9. The van der Waals surface area contributed by atoms with Crippen molar-refractivity contribution in [3.63, 3.8) is 0 Å². The van der Waals surface area contributed by atoms with Gasteiger partial charge in [-0.05, 0) is 45.3 Å². The summed E-state index contributed by atoms with van der Waals surface area (Å²) in [5.41, 5.74) is 5.26. The molecule has 0 aliphatic carbocycles. The molecule has 2 aromatic rings. The Morgan fingerprint density at radius 1 is 1.10 bits per heavy atom. The molecule has 1 heterocycles. The lowest BCUT2D eigenvalue weighted by molar-refractivity contribution is -0.140. The molecule has 0 saturated heterocycles. The van der Waals surface area contributed by atoms with E-state index in [0.29, 0.717) is 10.0 Å². The highest BCUT2D eigenvalue weighted by Gasteiger charge is 2.34. The van der Waals surface area contributed by atoms with Crippen LogP contribution >= 0.6 is 15.9 Å². The van der Waals surface area contributed by atoms with E-state index >= 15 is 0 Å². The van der Waals surface area contributed by atoms with Gasteiger partial charge in [0.2, 0.25) is 0 Å². The molecule has 0 bridgehead atoms. The molecule has 1 unspecified atom stereocenters. The van der Waals surface area contributed by atoms with Gasteiger partial charge in [0.15, 0.2) is 0 Å². The summed E-state index contributed by atoms with van der Waals surface area (Å²) in [6.07, 6.45) is -1.77. The molecule has 0 aliphatic heterocycles. The second-order valence-corrected chi connectivity index (χ2v) is 5.07. The number of hydrogen-bond acceptors (Lipinski definition) is 2. The van der Waals surface area contributed by atoms with E-state index in [-0.39, 0.29) is 5.56 Å². The first-order valence-corrected chi connectivity index (χ1v) is 6.31. The van der Waals surface area contributed by atoms with Gasteiger partial charge in [-0.3, -0.25) is 4.98 Å². The Morgan fingerprint density at radius 2 is 1.80 bits per heavy atom. The first-order chi connectivity index (χ1) is 9.29. The molecule has 106 valence electrons. The smallest absolute Gasteiger partial charge is 0.320 e. The maximum atomic E-state index is 13.2. The lowest BCUT2D eigenvalue weighted by atomic mass is 9.99. The molecule has 0 saturated carbocycles. The standard InChI is InChI=1S/C13H9BrF4N2/c14-9-3-8(5-20-6-9)12(19)7-1-2-11(15)10(4-7)13(16,17)18/h1-6,12H,19H2. The average Bonchev–Trinajstić information content (AvgIpc) is 2.37. The molecule has 1 atom stereocenters. The molecule has 0 radical (unpaired) electrons. The Labute approximate surface area is 120 Å². The average molecular weight is 349 g/mol. The topological polar surface area (TPSA) is 38.9 Å². The molecule has 7 heteroatoms. The predicted molar refractivity (Wildman–Crippen MR) is 69.4 cm³/mol. The minimum absolute atomic E-state index is 0.165. The van der Waals surface area contributed by atoms with E-state index in [0.717, 1.165) is 12.1 Å². The van der Waals surface area contributed by atoms with Gasteiger partial charge in [0.1, 0.15) is 5.82 Å². The minimum Gasteiger partial charge on any atom is -0.320 e. The van der Waals surface area contributed by atoms with Gasteiger partial charge in [-0.2, -0.15) is 13.2 Å². The summed E-state index contributed by atoms with van der Waals surface area (Å²) >= 11 is 3.20. The quantitative estimate of drug-likeness (QED) is 0.831. The summed E-state index contributed by atoms with van der Waals surface area (Å²) in [7, 11) is 0. The third-order valence-electron chi connectivity index (χ3n) is 2.74. The van der Waals surface area contributed by atoms with Crippen molar-refractivity contribution in [2.24, 2.45) is 5.73 Å². The van der Waals surface area contributed by atoms with Crippen LogP contribution in [0.5, 0.6) is 0 Å². The molecule has 0 fully saturated rings. The van der Waals surface area contributed by atoms with Crippen molar-refractivity contribution >= 4 is 15.9 Å². The predicted octanol–water partition coefficient (Wildman–Crippen LogP) is 4.05. The Kier molecular flexibility index (Phi) is 4.10. The number of halogens is 5. The summed E-state index contributed by atoms with van der Waals surface area (Å²) in [6.45, 7) is 0. The van der Waals surface area contributed by atoms with Crippen LogP contribution in [0, 0.1) is 5.82 Å². The summed E-state index contributed by atoms with van der Waals surface area (Å²) in [4.78, 5) is 3.90. The van der Waals surface area contributed by atoms with Crippen LogP contribution in [-0.4, -0.2) is 4.98 Å². The van der Waals surface area contributed by atoms with Gasteiger partial charge < -0.3 is 5.73 Å². The van der Waals surface area contributed by atoms with Crippen LogP contribution in [0.1, 0.15) is 22.7 Å². The Hall–Kier alpha value is -1.47. The first-order valence-electron chi connectivity index (χ1n) is 5.51. The van der Waals surface area contributed by atoms with Crippen molar-refractivity contribution in [3.8, 4) is 0 Å². The maximum absolute atomic E-state index is 13.2. The van der Waals surface area contributed by atoms with Gasteiger partial charge in [0.05, 0.1) is 11.6 Å². The summed E-state index contributed by atoms with van der Waals surface area (Å²) in [5, 5.41) is 0. The second-order valence-electron chi connectivity index (χ2n) is 4.15. The Morgan fingerprint density at radius 3 is 2.40 bits per heavy atom. The lowest BCUT2D eigenvalue weighted by Gasteiger charge is -2.15. The summed E-state index contributed by atoms with van der Waals surface area (Å²) < 4.78 is 51.8. The zero-order valence-electron chi connectivity index (χ0n) is 9.96. The van der Waals surface area contributed by atoms with Crippen molar-refractivity contribution in [3.05, 3.63) is 63.6 Å². The lowest BCUT2D eigenvalue weighted by Crippen LogP contribution is -2.15. The molecular weight excluding hydrogens is 340 g/mol. The molecular formula is C13H9BrF4N2. The van der Waals surface area contributed by atoms with Crippen LogP contribution in [0.25, 0.3) is 0 Å². The van der Waals surface area contributed by atoms with E-state index in [1.807, 2.05) is 0 Å². The maximum Gasteiger partial charge on any atom is 0.419 e. The van der Waals surface area contributed by atoms with Gasteiger partial charge in [-0.1, -0.05) is 6.07 Å². The number of hydrogen-bond donors (Lipinski definition) is 1. The normalized spacial score (nSPS) is 13.3. The van der Waals surface area contributed by atoms with E-state index in [9.17, 15) is 17.6 Å². The van der Waals surface area contributed by atoms with Crippen LogP contribution in [-0.2, 0) is 6.18 Å². The fraction of sp³-hybridized carbons (Fsp3) is 0.154. The SMILES string of the molecule is NC(c1cncc(Br)c1)c1ccc(F)c(C(F)(F)F)c1. The molecule has 2 N–H and O–H groups in total.